The molecule has 0 spiro atoms. The van der Waals surface area contributed by atoms with Gasteiger partial charge in [0, 0.05) is 40.0 Å². The van der Waals surface area contributed by atoms with Crippen molar-refractivity contribution in [2.45, 2.75) is 19.0 Å². The third kappa shape index (κ3) is 4.50. The van der Waals surface area contributed by atoms with Crippen LogP contribution in [0.4, 0.5) is 0 Å². The molecule has 1 aromatic heterocycles. The molecule has 0 bridgehead atoms. The van der Waals surface area contributed by atoms with E-state index in [0.29, 0.717) is 25.1 Å². The molecule has 2 aromatic carbocycles. The zero-order valence-electron chi connectivity index (χ0n) is 16.4. The van der Waals surface area contributed by atoms with Gasteiger partial charge in [0.2, 0.25) is 0 Å². The molecule has 1 fully saturated rings. The van der Waals surface area contributed by atoms with E-state index in [1.165, 1.54) is 0 Å². The second-order valence-electron chi connectivity index (χ2n) is 7.21. The quantitative estimate of drug-likeness (QED) is 0.271. The van der Waals surface area contributed by atoms with Crippen LogP contribution in [0.3, 0.4) is 0 Å². The normalized spacial score (nSPS) is 18.0. The number of benzene rings is 2. The Balaban J connectivity index is 1.73. The van der Waals surface area contributed by atoms with Gasteiger partial charge in [0.15, 0.2) is 0 Å². The Hall–Kier alpha value is -2.71. The van der Waals surface area contributed by atoms with Crippen molar-refractivity contribution in [1.29, 1.82) is 0 Å². The van der Waals surface area contributed by atoms with Gasteiger partial charge in [-0.1, -0.05) is 56.1 Å². The number of aliphatic hydroxyl groups is 1. The molecule has 1 atom stereocenters. The van der Waals surface area contributed by atoms with Gasteiger partial charge in [-0.05, 0) is 36.2 Å². The highest BCUT2D eigenvalue weighted by Gasteiger charge is 2.45. The zero-order chi connectivity index (χ0) is 22.0. The molecule has 3 aromatic rings. The fourth-order valence-electron chi connectivity index (χ4n) is 3.74. The lowest BCUT2D eigenvalue weighted by Gasteiger charge is -2.25. The molecule has 4 rings (SSSR count). The number of Topliss-reactive ketones (excluding diaryl/α,β-unsaturated/α-hetero) is 1. The van der Waals surface area contributed by atoms with Crippen molar-refractivity contribution in [1.82, 2.24) is 14.5 Å². The van der Waals surface area contributed by atoms with E-state index in [2.05, 4.69) is 36.8 Å². The first kappa shape index (κ1) is 21.5. The van der Waals surface area contributed by atoms with E-state index in [1.54, 1.807) is 41.7 Å². The predicted octanol–water partition coefficient (Wildman–Crippen LogP) is 4.92. The predicted molar refractivity (Wildman–Crippen MR) is 124 cm³/mol. The lowest BCUT2D eigenvalue weighted by molar-refractivity contribution is -0.139. The maximum atomic E-state index is 13.0. The highest BCUT2D eigenvalue weighted by Crippen LogP contribution is 2.40. The number of carbonyl (C=O) groups is 2. The van der Waals surface area contributed by atoms with Gasteiger partial charge in [-0.15, -0.1) is 0 Å². The number of rotatable bonds is 6. The van der Waals surface area contributed by atoms with Crippen molar-refractivity contribution in [2.24, 2.45) is 0 Å². The molecule has 0 aliphatic carbocycles. The van der Waals surface area contributed by atoms with E-state index in [4.69, 9.17) is 0 Å². The van der Waals surface area contributed by atoms with E-state index in [9.17, 15) is 14.7 Å². The number of nitrogens with zero attached hydrogens (tertiary/aromatic N) is 3. The SMILES string of the molecule is O=C1C(=O)N(CCCn2ccnc2)[C@H](c2cccc(Br)c2)C1=C(O)c1ccc(Br)cc1. The number of likely N-dealkylation sites (tertiary alicyclic amines) is 1. The summed E-state index contributed by atoms with van der Waals surface area (Å²) < 4.78 is 3.61. The van der Waals surface area contributed by atoms with Gasteiger partial charge in [0.25, 0.3) is 11.7 Å². The van der Waals surface area contributed by atoms with E-state index >= 15 is 0 Å². The first-order valence-electron chi connectivity index (χ1n) is 9.71. The maximum Gasteiger partial charge on any atom is 0.295 e. The minimum absolute atomic E-state index is 0.105. The number of hydrogen-bond acceptors (Lipinski definition) is 4. The Morgan fingerprint density at radius 3 is 2.48 bits per heavy atom. The Labute approximate surface area is 196 Å². The van der Waals surface area contributed by atoms with Gasteiger partial charge < -0.3 is 14.6 Å². The van der Waals surface area contributed by atoms with Crippen LogP contribution < -0.4 is 0 Å². The smallest absolute Gasteiger partial charge is 0.295 e. The van der Waals surface area contributed by atoms with Crippen LogP contribution >= 0.6 is 31.9 Å². The third-order valence-corrected chi connectivity index (χ3v) is 6.22. The van der Waals surface area contributed by atoms with Crippen LogP contribution in [-0.4, -0.2) is 37.8 Å². The third-order valence-electron chi connectivity index (χ3n) is 5.20. The van der Waals surface area contributed by atoms with Gasteiger partial charge in [0.1, 0.15) is 5.76 Å². The average Bonchev–Trinajstić information content (AvgIpc) is 3.36. The summed E-state index contributed by atoms with van der Waals surface area (Å²) >= 11 is 6.84. The number of aliphatic hydroxyl groups excluding tert-OH is 1. The molecule has 1 aliphatic heterocycles. The summed E-state index contributed by atoms with van der Waals surface area (Å²) in [5, 5.41) is 11.0. The van der Waals surface area contributed by atoms with Crippen molar-refractivity contribution in [3.05, 3.63) is 92.9 Å². The fraction of sp³-hybridized carbons (Fsp3) is 0.174. The van der Waals surface area contributed by atoms with Crippen molar-refractivity contribution < 1.29 is 14.7 Å². The number of halogens is 2. The molecule has 0 unspecified atom stereocenters. The second-order valence-corrected chi connectivity index (χ2v) is 9.04. The lowest BCUT2D eigenvalue weighted by atomic mass is 9.95. The molecule has 0 radical (unpaired) electrons. The van der Waals surface area contributed by atoms with E-state index in [0.717, 1.165) is 14.5 Å². The number of aryl methyl sites for hydroxylation is 1. The number of ketones is 1. The van der Waals surface area contributed by atoms with Gasteiger partial charge in [0.05, 0.1) is 17.9 Å². The summed E-state index contributed by atoms with van der Waals surface area (Å²) in [6, 6.07) is 13.8. The molecule has 1 aliphatic rings. The van der Waals surface area contributed by atoms with Crippen molar-refractivity contribution in [3.8, 4) is 0 Å². The summed E-state index contributed by atoms with van der Waals surface area (Å²) in [5.41, 5.74) is 1.35. The Morgan fingerprint density at radius 2 is 1.81 bits per heavy atom. The van der Waals surface area contributed by atoms with Crippen molar-refractivity contribution in [2.75, 3.05) is 6.54 Å². The van der Waals surface area contributed by atoms with Crippen LogP contribution in [0.2, 0.25) is 0 Å². The van der Waals surface area contributed by atoms with Gasteiger partial charge >= 0.3 is 0 Å². The highest BCUT2D eigenvalue weighted by molar-refractivity contribution is 9.10. The lowest BCUT2D eigenvalue weighted by Crippen LogP contribution is -2.31. The zero-order valence-corrected chi connectivity index (χ0v) is 19.6. The second kappa shape index (κ2) is 9.20. The number of imidazole rings is 1. The first-order valence-corrected chi connectivity index (χ1v) is 11.3. The fourth-order valence-corrected chi connectivity index (χ4v) is 4.42. The van der Waals surface area contributed by atoms with Crippen LogP contribution in [0.15, 0.2) is 81.8 Å². The molecule has 1 amide bonds. The number of carbonyl (C=O) groups excluding carboxylic acids is 2. The molecule has 1 saturated heterocycles. The molecule has 8 heteroatoms. The van der Waals surface area contributed by atoms with E-state index in [1.807, 2.05) is 35.0 Å². The van der Waals surface area contributed by atoms with Crippen LogP contribution in [0, 0.1) is 0 Å². The summed E-state index contributed by atoms with van der Waals surface area (Å²) in [4.78, 5) is 31.5. The minimum atomic E-state index is -0.673. The maximum absolute atomic E-state index is 13.0. The van der Waals surface area contributed by atoms with Gasteiger partial charge in [-0.2, -0.15) is 0 Å². The number of hydrogen-bond donors (Lipinski definition) is 1. The molecular formula is C23H19Br2N3O3. The van der Waals surface area contributed by atoms with Crippen LogP contribution in [0.25, 0.3) is 5.76 Å². The Kier molecular flexibility index (Phi) is 6.38. The van der Waals surface area contributed by atoms with E-state index in [-0.39, 0.29) is 11.3 Å². The summed E-state index contributed by atoms with van der Waals surface area (Å²) in [5.74, 6) is -1.45. The molecule has 0 saturated carbocycles. The largest absolute Gasteiger partial charge is 0.507 e. The van der Waals surface area contributed by atoms with Crippen LogP contribution in [0.1, 0.15) is 23.6 Å². The van der Waals surface area contributed by atoms with Crippen LogP contribution in [0.5, 0.6) is 0 Å². The number of aromatic nitrogens is 2. The molecule has 31 heavy (non-hydrogen) atoms. The van der Waals surface area contributed by atoms with Crippen molar-refractivity contribution in [3.63, 3.8) is 0 Å². The minimum Gasteiger partial charge on any atom is -0.507 e. The molecular weight excluding hydrogens is 526 g/mol. The van der Waals surface area contributed by atoms with Crippen molar-refractivity contribution >= 4 is 49.3 Å². The topological polar surface area (TPSA) is 75.4 Å². The summed E-state index contributed by atoms with van der Waals surface area (Å²) in [6.45, 7) is 1.04. The molecule has 6 nitrogen and oxygen atoms in total. The number of amides is 1. The summed E-state index contributed by atoms with van der Waals surface area (Å²) in [6.07, 6.45) is 5.92. The van der Waals surface area contributed by atoms with E-state index < -0.39 is 17.7 Å². The Morgan fingerprint density at radius 1 is 1.03 bits per heavy atom. The highest BCUT2D eigenvalue weighted by atomic mass is 79.9. The Bertz CT molecular complexity index is 1140. The average molecular weight is 545 g/mol. The van der Waals surface area contributed by atoms with Crippen LogP contribution in [-0.2, 0) is 16.1 Å². The van der Waals surface area contributed by atoms with Gasteiger partial charge in [-0.25, -0.2) is 4.98 Å². The molecule has 2 heterocycles. The molecule has 158 valence electrons. The first-order chi connectivity index (χ1) is 15.0. The monoisotopic (exact) mass is 543 g/mol. The summed E-state index contributed by atoms with van der Waals surface area (Å²) in [7, 11) is 0. The van der Waals surface area contributed by atoms with Gasteiger partial charge in [-0.3, -0.25) is 9.59 Å². The standard InChI is InChI=1S/C23H19Br2N3O3/c24-17-7-5-15(6-8-17)21(29)19-20(16-3-1-4-18(25)13-16)28(23(31)22(19)30)11-2-10-27-12-9-26-14-27/h1,3-9,12-14,20,29H,2,10-11H2/t20-/m1/s1. The molecule has 1 N–H and O–H groups in total.